The first-order valence-electron chi connectivity index (χ1n) is 7.82. The van der Waals surface area contributed by atoms with E-state index in [9.17, 15) is 4.79 Å². The van der Waals surface area contributed by atoms with Gasteiger partial charge in [-0.2, -0.15) is 0 Å². The molecule has 3 heteroatoms. The fourth-order valence-electron chi connectivity index (χ4n) is 2.24. The van der Waals surface area contributed by atoms with E-state index in [0.29, 0.717) is 12.5 Å². The van der Waals surface area contributed by atoms with Gasteiger partial charge in [0.25, 0.3) is 0 Å². The van der Waals surface area contributed by atoms with Crippen LogP contribution in [0.3, 0.4) is 0 Å². The summed E-state index contributed by atoms with van der Waals surface area (Å²) in [6.07, 6.45) is 6.15. The van der Waals surface area contributed by atoms with Crippen molar-refractivity contribution in [2.45, 2.75) is 65.3 Å². The molecule has 0 bridgehead atoms. The first-order chi connectivity index (χ1) is 9.65. The number of anilines is 2. The first kappa shape index (κ1) is 16.5. The predicted octanol–water partition coefficient (Wildman–Crippen LogP) is 4.81. The van der Waals surface area contributed by atoms with E-state index in [2.05, 4.69) is 31.4 Å². The summed E-state index contributed by atoms with van der Waals surface area (Å²) in [4.78, 5) is 11.8. The summed E-state index contributed by atoms with van der Waals surface area (Å²) in [5.41, 5.74) is 1.94. The molecule has 0 saturated carbocycles. The van der Waals surface area contributed by atoms with Crippen molar-refractivity contribution in [3.63, 3.8) is 0 Å². The van der Waals surface area contributed by atoms with E-state index in [1.807, 2.05) is 24.3 Å². The molecule has 1 unspecified atom stereocenters. The Labute approximate surface area is 123 Å². The van der Waals surface area contributed by atoms with Crippen molar-refractivity contribution in [3.05, 3.63) is 24.3 Å². The van der Waals surface area contributed by atoms with Gasteiger partial charge in [-0.3, -0.25) is 4.79 Å². The van der Waals surface area contributed by atoms with Gasteiger partial charge in [-0.15, -0.1) is 0 Å². The molecule has 1 rings (SSSR count). The molecule has 0 spiro atoms. The number of hydrogen-bond acceptors (Lipinski definition) is 2. The molecule has 0 heterocycles. The Bertz CT molecular complexity index is 404. The molecule has 0 radical (unpaired) electrons. The van der Waals surface area contributed by atoms with Gasteiger partial charge in [0.1, 0.15) is 0 Å². The number of hydrogen-bond donors (Lipinski definition) is 2. The van der Waals surface area contributed by atoms with Gasteiger partial charge in [-0.1, -0.05) is 39.2 Å². The van der Waals surface area contributed by atoms with E-state index in [1.165, 1.54) is 6.42 Å². The number of carbonyl (C=O) groups excluding carboxylic acids is 1. The van der Waals surface area contributed by atoms with E-state index < -0.39 is 0 Å². The molecule has 0 fully saturated rings. The maximum atomic E-state index is 11.8. The van der Waals surface area contributed by atoms with Crippen LogP contribution in [0, 0.1) is 0 Å². The highest BCUT2D eigenvalue weighted by Crippen LogP contribution is 2.17. The van der Waals surface area contributed by atoms with Crippen molar-refractivity contribution in [1.29, 1.82) is 0 Å². The number of rotatable bonds is 9. The maximum Gasteiger partial charge on any atom is 0.224 e. The number of nitrogens with one attached hydrogen (secondary N) is 2. The van der Waals surface area contributed by atoms with Crippen molar-refractivity contribution >= 4 is 17.3 Å². The van der Waals surface area contributed by atoms with Crippen LogP contribution >= 0.6 is 0 Å². The summed E-state index contributed by atoms with van der Waals surface area (Å²) in [5, 5.41) is 6.42. The number of benzene rings is 1. The summed E-state index contributed by atoms with van der Waals surface area (Å²) in [6.45, 7) is 6.51. The van der Waals surface area contributed by atoms with E-state index in [4.69, 9.17) is 0 Å². The van der Waals surface area contributed by atoms with Gasteiger partial charge in [0.2, 0.25) is 5.91 Å². The highest BCUT2D eigenvalue weighted by atomic mass is 16.1. The molecule has 1 aromatic carbocycles. The number of carbonyl (C=O) groups is 1. The summed E-state index contributed by atoms with van der Waals surface area (Å²) in [5.74, 6) is 0.109. The van der Waals surface area contributed by atoms with E-state index >= 15 is 0 Å². The monoisotopic (exact) mass is 276 g/mol. The van der Waals surface area contributed by atoms with Crippen LogP contribution in [0.1, 0.15) is 59.3 Å². The van der Waals surface area contributed by atoms with Gasteiger partial charge in [-0.05, 0) is 38.0 Å². The summed E-state index contributed by atoms with van der Waals surface area (Å²) in [7, 11) is 0. The van der Waals surface area contributed by atoms with Crippen LogP contribution in [0.25, 0.3) is 0 Å². The molecule has 0 aliphatic carbocycles. The lowest BCUT2D eigenvalue weighted by atomic mass is 10.1. The molecule has 112 valence electrons. The molecule has 2 N–H and O–H groups in total. The zero-order valence-electron chi connectivity index (χ0n) is 13.0. The van der Waals surface area contributed by atoms with Crippen LogP contribution in [0.2, 0.25) is 0 Å². The molecule has 1 amide bonds. The lowest BCUT2D eigenvalue weighted by molar-refractivity contribution is -0.116. The Balaban J connectivity index is 2.48. The first-order valence-corrected chi connectivity index (χ1v) is 7.82. The summed E-state index contributed by atoms with van der Waals surface area (Å²) < 4.78 is 0. The molecule has 1 aromatic rings. The van der Waals surface area contributed by atoms with Crippen molar-refractivity contribution < 1.29 is 4.79 Å². The van der Waals surface area contributed by atoms with Gasteiger partial charge in [0.05, 0.1) is 0 Å². The minimum absolute atomic E-state index is 0.109. The van der Waals surface area contributed by atoms with Crippen LogP contribution < -0.4 is 10.6 Å². The van der Waals surface area contributed by atoms with Crippen LogP contribution in [0.4, 0.5) is 11.4 Å². The third-order valence-corrected chi connectivity index (χ3v) is 3.29. The molecular weight excluding hydrogens is 248 g/mol. The zero-order valence-corrected chi connectivity index (χ0v) is 13.0. The zero-order chi connectivity index (χ0) is 14.8. The normalized spacial score (nSPS) is 11.9. The Kier molecular flexibility index (Phi) is 7.78. The number of amides is 1. The van der Waals surface area contributed by atoms with Gasteiger partial charge in [-0.25, -0.2) is 0 Å². The van der Waals surface area contributed by atoms with Crippen molar-refractivity contribution in [3.8, 4) is 0 Å². The van der Waals surface area contributed by atoms with E-state index in [0.717, 1.165) is 37.1 Å². The fraction of sp³-hybridized carbons (Fsp3) is 0.588. The van der Waals surface area contributed by atoms with E-state index in [1.54, 1.807) is 0 Å². The molecule has 20 heavy (non-hydrogen) atoms. The largest absolute Gasteiger partial charge is 0.383 e. The maximum absolute atomic E-state index is 11.8. The Morgan fingerprint density at radius 3 is 2.60 bits per heavy atom. The minimum Gasteiger partial charge on any atom is -0.383 e. The van der Waals surface area contributed by atoms with Crippen molar-refractivity contribution in [2.75, 3.05) is 10.6 Å². The molecule has 3 nitrogen and oxygen atoms in total. The quantitative estimate of drug-likeness (QED) is 0.636. The van der Waals surface area contributed by atoms with Crippen molar-refractivity contribution in [1.82, 2.24) is 0 Å². The lowest BCUT2D eigenvalue weighted by Crippen LogP contribution is -2.15. The SMILES string of the molecule is CCCCCC(=O)Nc1cccc(NC(C)CCC)c1. The minimum atomic E-state index is 0.109. The Hall–Kier alpha value is -1.51. The second-order valence-corrected chi connectivity index (χ2v) is 5.42. The summed E-state index contributed by atoms with van der Waals surface area (Å²) in [6, 6.07) is 8.41. The Morgan fingerprint density at radius 2 is 1.90 bits per heavy atom. The third kappa shape index (κ3) is 6.60. The molecule has 0 aromatic heterocycles. The average molecular weight is 276 g/mol. The standard InChI is InChI=1S/C17H28N2O/c1-4-6-7-12-17(20)19-16-11-8-10-15(13-16)18-14(3)9-5-2/h8,10-11,13-14,18H,4-7,9,12H2,1-3H3,(H,19,20). The topological polar surface area (TPSA) is 41.1 Å². The highest BCUT2D eigenvalue weighted by molar-refractivity contribution is 5.91. The third-order valence-electron chi connectivity index (χ3n) is 3.29. The van der Waals surface area contributed by atoms with Gasteiger partial charge >= 0.3 is 0 Å². The lowest BCUT2D eigenvalue weighted by Gasteiger charge is -2.15. The molecule has 0 saturated heterocycles. The predicted molar refractivity (Wildman–Crippen MR) is 87.2 cm³/mol. The smallest absolute Gasteiger partial charge is 0.224 e. The Morgan fingerprint density at radius 1 is 1.15 bits per heavy atom. The van der Waals surface area contributed by atoms with Crippen LogP contribution in [-0.2, 0) is 4.79 Å². The summed E-state index contributed by atoms with van der Waals surface area (Å²) >= 11 is 0. The van der Waals surface area contributed by atoms with Crippen LogP contribution in [-0.4, -0.2) is 11.9 Å². The molecule has 0 aliphatic heterocycles. The molecular formula is C17H28N2O. The van der Waals surface area contributed by atoms with Crippen LogP contribution in [0.15, 0.2) is 24.3 Å². The average Bonchev–Trinajstić information content (AvgIpc) is 2.39. The number of unbranched alkanes of at least 4 members (excludes halogenated alkanes) is 2. The van der Waals surface area contributed by atoms with Gasteiger partial charge < -0.3 is 10.6 Å². The van der Waals surface area contributed by atoms with E-state index in [-0.39, 0.29) is 5.91 Å². The second-order valence-electron chi connectivity index (χ2n) is 5.42. The molecule has 0 aliphatic rings. The van der Waals surface area contributed by atoms with Crippen molar-refractivity contribution in [2.24, 2.45) is 0 Å². The van der Waals surface area contributed by atoms with Gasteiger partial charge in [0, 0.05) is 23.8 Å². The second kappa shape index (κ2) is 9.40. The van der Waals surface area contributed by atoms with Gasteiger partial charge in [0.15, 0.2) is 0 Å². The molecule has 1 atom stereocenters. The fourth-order valence-corrected chi connectivity index (χ4v) is 2.24. The van der Waals surface area contributed by atoms with Crippen LogP contribution in [0.5, 0.6) is 0 Å². The highest BCUT2D eigenvalue weighted by Gasteiger charge is 2.04.